The van der Waals surface area contributed by atoms with Gasteiger partial charge in [-0.25, -0.2) is 0 Å². The summed E-state index contributed by atoms with van der Waals surface area (Å²) < 4.78 is 10.8. The lowest BCUT2D eigenvalue weighted by molar-refractivity contribution is 0.683. The molecule has 2 rings (SSSR count). The molecule has 0 aliphatic carbocycles. The van der Waals surface area contributed by atoms with Crippen molar-refractivity contribution < 1.29 is 4.21 Å². The Balaban J connectivity index is 0.000000151. The monoisotopic (exact) mass is 249 g/mol. The van der Waals surface area contributed by atoms with Crippen LogP contribution in [-0.4, -0.2) is 40.3 Å². The van der Waals surface area contributed by atoms with E-state index in [1.807, 2.05) is 0 Å². The van der Waals surface area contributed by atoms with Gasteiger partial charge in [-0.05, 0) is 37.3 Å². The molecule has 1 atom stereocenters. The van der Waals surface area contributed by atoms with Gasteiger partial charge in [0.05, 0.1) is 0 Å². The zero-order valence-electron chi connectivity index (χ0n) is 9.50. The Labute approximate surface area is 100 Å². The van der Waals surface area contributed by atoms with E-state index < -0.39 is 10.8 Å². The fourth-order valence-corrected chi connectivity index (χ4v) is 3.70. The molecule has 2 nitrogen and oxygen atoms in total. The molecular formula is C11H23NOS2. The van der Waals surface area contributed by atoms with E-state index >= 15 is 0 Å². The molecule has 2 fully saturated rings. The van der Waals surface area contributed by atoms with Crippen LogP contribution in [0.25, 0.3) is 0 Å². The second-order valence-corrected chi connectivity index (χ2v) is 6.90. The summed E-state index contributed by atoms with van der Waals surface area (Å²) in [6, 6.07) is 0. The second-order valence-electron chi connectivity index (χ2n) is 3.98. The van der Waals surface area contributed by atoms with Crippen LogP contribution in [0.1, 0.15) is 32.1 Å². The zero-order chi connectivity index (χ0) is 10.8. The lowest BCUT2D eigenvalue weighted by Gasteiger charge is -1.91. The molecule has 2 heterocycles. The van der Waals surface area contributed by atoms with Gasteiger partial charge in [-0.15, -0.1) is 0 Å². The van der Waals surface area contributed by atoms with Crippen LogP contribution in [0.15, 0.2) is 0 Å². The lowest BCUT2D eigenvalue weighted by atomic mass is 10.2. The largest absolute Gasteiger partial charge is 0.316 e. The van der Waals surface area contributed by atoms with Gasteiger partial charge in [0.25, 0.3) is 0 Å². The third-order valence-corrected chi connectivity index (χ3v) is 5.12. The smallest absolute Gasteiger partial charge is 0.0360 e. The normalized spacial score (nSPS) is 28.1. The molecule has 90 valence electrons. The van der Waals surface area contributed by atoms with Gasteiger partial charge in [-0.2, -0.15) is 11.8 Å². The summed E-state index contributed by atoms with van der Waals surface area (Å²) in [5.41, 5.74) is 0. The van der Waals surface area contributed by atoms with Crippen molar-refractivity contribution in [3.05, 3.63) is 0 Å². The van der Waals surface area contributed by atoms with Gasteiger partial charge >= 0.3 is 0 Å². The van der Waals surface area contributed by atoms with Crippen molar-refractivity contribution in [3.8, 4) is 0 Å². The number of hydrogen-bond acceptors (Lipinski definition) is 3. The molecule has 0 aromatic carbocycles. The van der Waals surface area contributed by atoms with Gasteiger partial charge in [0.1, 0.15) is 0 Å². The zero-order valence-corrected chi connectivity index (χ0v) is 11.1. The second kappa shape index (κ2) is 9.67. The van der Waals surface area contributed by atoms with Crippen LogP contribution in [-0.2, 0) is 10.8 Å². The SMILES string of the molecule is C1CCCSCC1.O=S1CCCNCC1. The van der Waals surface area contributed by atoms with Crippen molar-refractivity contribution in [3.63, 3.8) is 0 Å². The Kier molecular flexibility index (Phi) is 8.72. The van der Waals surface area contributed by atoms with Crippen molar-refractivity contribution >= 4 is 22.6 Å². The molecule has 1 unspecified atom stereocenters. The molecule has 2 aliphatic heterocycles. The van der Waals surface area contributed by atoms with E-state index in [1.165, 1.54) is 37.2 Å². The first kappa shape index (κ1) is 13.5. The van der Waals surface area contributed by atoms with E-state index in [-0.39, 0.29) is 0 Å². The number of hydrogen-bond donors (Lipinski definition) is 1. The summed E-state index contributed by atoms with van der Waals surface area (Å²) in [4.78, 5) is 0. The Hall–Kier alpha value is 0.460. The highest BCUT2D eigenvalue weighted by Gasteiger charge is 2.02. The minimum absolute atomic E-state index is 0.520. The van der Waals surface area contributed by atoms with E-state index in [0.717, 1.165) is 31.0 Å². The summed E-state index contributed by atoms with van der Waals surface area (Å²) in [7, 11) is -0.520. The first-order valence-corrected chi connectivity index (χ1v) is 8.67. The lowest BCUT2D eigenvalue weighted by Crippen LogP contribution is -2.16. The summed E-state index contributed by atoms with van der Waals surface area (Å²) >= 11 is 2.12. The Morgan fingerprint density at radius 1 is 0.867 bits per heavy atom. The van der Waals surface area contributed by atoms with E-state index in [4.69, 9.17) is 0 Å². The van der Waals surface area contributed by atoms with E-state index in [2.05, 4.69) is 17.1 Å². The molecule has 0 saturated carbocycles. The van der Waals surface area contributed by atoms with Crippen LogP contribution in [0.2, 0.25) is 0 Å². The fourth-order valence-electron chi connectivity index (χ4n) is 1.64. The molecule has 0 bridgehead atoms. The summed E-state index contributed by atoms with van der Waals surface area (Å²) in [6.07, 6.45) is 6.96. The van der Waals surface area contributed by atoms with E-state index in [0.29, 0.717) is 0 Å². The standard InChI is InChI=1S/C6H12S.C5H11NOS/c1-2-4-6-7-5-3-1;7-8-4-1-2-6-3-5-8/h1-6H2;6H,1-5H2. The van der Waals surface area contributed by atoms with E-state index in [9.17, 15) is 4.21 Å². The Bertz CT molecular complexity index is 146. The van der Waals surface area contributed by atoms with Crippen LogP contribution in [0.5, 0.6) is 0 Å². The maximum atomic E-state index is 10.8. The molecule has 0 radical (unpaired) electrons. The van der Waals surface area contributed by atoms with Gasteiger partial charge in [-0.1, -0.05) is 12.8 Å². The molecule has 4 heteroatoms. The Morgan fingerprint density at radius 2 is 1.60 bits per heavy atom. The van der Waals surface area contributed by atoms with Crippen molar-refractivity contribution in [2.24, 2.45) is 0 Å². The third-order valence-electron chi connectivity index (χ3n) is 2.56. The maximum Gasteiger partial charge on any atom is 0.0360 e. The van der Waals surface area contributed by atoms with Gasteiger partial charge in [-0.3, -0.25) is 4.21 Å². The summed E-state index contributed by atoms with van der Waals surface area (Å²) in [5.74, 6) is 4.58. The first-order valence-electron chi connectivity index (χ1n) is 6.03. The highest BCUT2D eigenvalue weighted by Crippen LogP contribution is 2.15. The average Bonchev–Trinajstić information content (AvgIpc) is 2.64. The number of nitrogens with one attached hydrogen (secondary N) is 1. The van der Waals surface area contributed by atoms with Crippen LogP contribution in [0, 0.1) is 0 Å². The maximum absolute atomic E-state index is 10.8. The quantitative estimate of drug-likeness (QED) is 0.712. The molecular weight excluding hydrogens is 226 g/mol. The van der Waals surface area contributed by atoms with Crippen LogP contribution < -0.4 is 5.32 Å². The van der Waals surface area contributed by atoms with Crippen molar-refractivity contribution in [1.29, 1.82) is 0 Å². The molecule has 0 spiro atoms. The predicted octanol–water partition coefficient (Wildman–Crippen LogP) is 2.02. The topological polar surface area (TPSA) is 29.1 Å². The highest BCUT2D eigenvalue weighted by atomic mass is 32.2. The van der Waals surface area contributed by atoms with Crippen LogP contribution in [0.3, 0.4) is 0 Å². The first-order chi connectivity index (χ1) is 7.39. The molecule has 2 saturated heterocycles. The molecule has 1 N–H and O–H groups in total. The summed E-state index contributed by atoms with van der Waals surface area (Å²) in [6.45, 7) is 1.98. The van der Waals surface area contributed by atoms with Crippen LogP contribution in [0.4, 0.5) is 0 Å². The molecule has 0 aromatic heterocycles. The Morgan fingerprint density at radius 3 is 2.33 bits per heavy atom. The van der Waals surface area contributed by atoms with Gasteiger partial charge in [0, 0.05) is 28.9 Å². The van der Waals surface area contributed by atoms with Crippen LogP contribution >= 0.6 is 11.8 Å². The average molecular weight is 249 g/mol. The van der Waals surface area contributed by atoms with E-state index in [1.54, 1.807) is 0 Å². The van der Waals surface area contributed by atoms with Crippen molar-refractivity contribution in [2.75, 3.05) is 36.1 Å². The summed E-state index contributed by atoms with van der Waals surface area (Å²) in [5, 5.41) is 3.18. The van der Waals surface area contributed by atoms with Crippen molar-refractivity contribution in [1.82, 2.24) is 5.32 Å². The third kappa shape index (κ3) is 8.29. The number of thioether (sulfide) groups is 1. The van der Waals surface area contributed by atoms with Gasteiger partial charge < -0.3 is 5.32 Å². The minimum atomic E-state index is -0.520. The van der Waals surface area contributed by atoms with Gasteiger partial charge in [0.15, 0.2) is 0 Å². The molecule has 0 aromatic rings. The molecule has 0 amide bonds. The van der Waals surface area contributed by atoms with Gasteiger partial charge in [0.2, 0.25) is 0 Å². The molecule has 2 aliphatic rings. The minimum Gasteiger partial charge on any atom is -0.316 e. The fraction of sp³-hybridized carbons (Fsp3) is 1.00. The highest BCUT2D eigenvalue weighted by molar-refractivity contribution is 7.99. The van der Waals surface area contributed by atoms with Crippen molar-refractivity contribution in [2.45, 2.75) is 32.1 Å². The predicted molar refractivity (Wildman–Crippen MR) is 71.2 cm³/mol. The number of rotatable bonds is 0. The molecule has 15 heavy (non-hydrogen) atoms.